The molecule has 0 saturated carbocycles. The van der Waals surface area contributed by atoms with E-state index in [1.807, 2.05) is 7.05 Å². The SMILES string of the molecule is CN=C(NCCOCCOC)N1CCC(COCCOC)C1.I. The summed E-state index contributed by atoms with van der Waals surface area (Å²) in [6.45, 7) is 6.77. The number of methoxy groups -OCH3 is 2. The lowest BCUT2D eigenvalue weighted by Gasteiger charge is -2.21. The Hall–Kier alpha value is -0.160. The van der Waals surface area contributed by atoms with Crippen molar-refractivity contribution >= 4 is 29.9 Å². The van der Waals surface area contributed by atoms with E-state index in [2.05, 4.69) is 15.2 Å². The number of halogens is 1. The highest BCUT2D eigenvalue weighted by Gasteiger charge is 2.24. The normalized spacial score (nSPS) is 18.1. The first-order chi connectivity index (χ1) is 10.8. The van der Waals surface area contributed by atoms with Crippen LogP contribution in [0.3, 0.4) is 0 Å². The molecule has 138 valence electrons. The molecule has 0 aromatic heterocycles. The number of nitrogens with zero attached hydrogens (tertiary/aromatic N) is 2. The van der Waals surface area contributed by atoms with Crippen LogP contribution in [0.15, 0.2) is 4.99 Å². The number of ether oxygens (including phenoxy) is 4. The zero-order valence-corrected chi connectivity index (χ0v) is 16.9. The summed E-state index contributed by atoms with van der Waals surface area (Å²) in [5.74, 6) is 1.50. The Bertz CT molecular complexity index is 308. The van der Waals surface area contributed by atoms with Crippen LogP contribution in [0.4, 0.5) is 0 Å². The van der Waals surface area contributed by atoms with Crippen molar-refractivity contribution < 1.29 is 18.9 Å². The number of likely N-dealkylation sites (tertiary alicyclic amines) is 1. The van der Waals surface area contributed by atoms with Gasteiger partial charge in [-0.1, -0.05) is 0 Å². The molecule has 1 rings (SSSR count). The highest BCUT2D eigenvalue weighted by Crippen LogP contribution is 2.16. The van der Waals surface area contributed by atoms with Crippen molar-refractivity contribution in [2.75, 3.05) is 80.5 Å². The van der Waals surface area contributed by atoms with Gasteiger partial charge in [0.05, 0.1) is 39.6 Å². The average molecular weight is 445 g/mol. The topological polar surface area (TPSA) is 64.6 Å². The number of nitrogens with one attached hydrogen (secondary N) is 1. The fourth-order valence-electron chi connectivity index (χ4n) is 2.36. The Morgan fingerprint density at radius 1 is 1.09 bits per heavy atom. The summed E-state index contributed by atoms with van der Waals surface area (Å²) in [6, 6.07) is 0. The van der Waals surface area contributed by atoms with Crippen molar-refractivity contribution in [3.63, 3.8) is 0 Å². The van der Waals surface area contributed by atoms with Crippen LogP contribution in [-0.4, -0.2) is 91.4 Å². The molecule has 1 aliphatic heterocycles. The zero-order chi connectivity index (χ0) is 16.0. The fourth-order valence-corrected chi connectivity index (χ4v) is 2.36. The summed E-state index contributed by atoms with van der Waals surface area (Å²) in [5.41, 5.74) is 0. The van der Waals surface area contributed by atoms with Gasteiger partial charge >= 0.3 is 0 Å². The van der Waals surface area contributed by atoms with Gasteiger partial charge in [-0.15, -0.1) is 24.0 Å². The number of aliphatic imine (C=N–C) groups is 1. The molecule has 0 aromatic rings. The van der Waals surface area contributed by atoms with Crippen molar-refractivity contribution in [2.45, 2.75) is 6.42 Å². The van der Waals surface area contributed by atoms with E-state index in [9.17, 15) is 0 Å². The van der Waals surface area contributed by atoms with Crippen LogP contribution >= 0.6 is 24.0 Å². The first-order valence-corrected chi connectivity index (χ1v) is 7.90. The zero-order valence-electron chi connectivity index (χ0n) is 14.6. The summed E-state index contributed by atoms with van der Waals surface area (Å²) in [5, 5.41) is 3.33. The second-order valence-electron chi connectivity index (χ2n) is 5.25. The third-order valence-corrected chi connectivity index (χ3v) is 3.54. The highest BCUT2D eigenvalue weighted by molar-refractivity contribution is 14.0. The first-order valence-electron chi connectivity index (χ1n) is 7.90. The molecule has 1 unspecified atom stereocenters. The van der Waals surface area contributed by atoms with E-state index in [1.165, 1.54) is 0 Å². The van der Waals surface area contributed by atoms with Crippen LogP contribution in [0.25, 0.3) is 0 Å². The van der Waals surface area contributed by atoms with E-state index in [1.54, 1.807) is 14.2 Å². The standard InChI is InChI=1S/C15H31N3O4.HI/c1-16-15(17-5-7-21-10-8-19-2)18-6-4-14(12-18)13-22-11-9-20-3;/h14H,4-13H2,1-3H3,(H,16,17);1H. The molecule has 23 heavy (non-hydrogen) atoms. The molecular formula is C15H32IN3O4. The van der Waals surface area contributed by atoms with E-state index in [0.29, 0.717) is 39.0 Å². The molecule has 0 radical (unpaired) electrons. The van der Waals surface area contributed by atoms with E-state index in [-0.39, 0.29) is 24.0 Å². The van der Waals surface area contributed by atoms with Gasteiger partial charge in [-0.2, -0.15) is 0 Å². The van der Waals surface area contributed by atoms with Gasteiger partial charge in [0.2, 0.25) is 0 Å². The lowest BCUT2D eigenvalue weighted by Crippen LogP contribution is -2.41. The molecule has 1 atom stereocenters. The molecule has 1 heterocycles. The minimum absolute atomic E-state index is 0. The number of rotatable bonds is 11. The highest BCUT2D eigenvalue weighted by atomic mass is 127. The molecule has 1 aliphatic rings. The maximum atomic E-state index is 5.61. The van der Waals surface area contributed by atoms with Crippen LogP contribution in [0.1, 0.15) is 6.42 Å². The largest absolute Gasteiger partial charge is 0.382 e. The minimum atomic E-state index is 0. The number of hydrogen-bond donors (Lipinski definition) is 1. The van der Waals surface area contributed by atoms with Crippen molar-refractivity contribution in [2.24, 2.45) is 10.9 Å². The van der Waals surface area contributed by atoms with Gasteiger partial charge < -0.3 is 29.2 Å². The molecule has 0 bridgehead atoms. The summed E-state index contributed by atoms with van der Waals surface area (Å²) in [7, 11) is 5.18. The molecule has 0 spiro atoms. The number of guanidine groups is 1. The average Bonchev–Trinajstić information content (AvgIpc) is 3.00. The smallest absolute Gasteiger partial charge is 0.193 e. The second-order valence-corrected chi connectivity index (χ2v) is 5.25. The molecule has 0 amide bonds. The minimum Gasteiger partial charge on any atom is -0.382 e. The maximum Gasteiger partial charge on any atom is 0.193 e. The van der Waals surface area contributed by atoms with Crippen molar-refractivity contribution in [3.05, 3.63) is 0 Å². The van der Waals surface area contributed by atoms with Gasteiger partial charge in [0.1, 0.15) is 0 Å². The Morgan fingerprint density at radius 3 is 2.43 bits per heavy atom. The number of hydrogen-bond acceptors (Lipinski definition) is 5. The second kappa shape index (κ2) is 15.4. The Morgan fingerprint density at radius 2 is 1.78 bits per heavy atom. The van der Waals surface area contributed by atoms with Gasteiger partial charge in [0.25, 0.3) is 0 Å². The van der Waals surface area contributed by atoms with Crippen molar-refractivity contribution in [3.8, 4) is 0 Å². The third kappa shape index (κ3) is 10.3. The predicted octanol–water partition coefficient (Wildman–Crippen LogP) is 0.828. The van der Waals surface area contributed by atoms with Crippen LogP contribution in [0, 0.1) is 5.92 Å². The molecular weight excluding hydrogens is 413 g/mol. The molecule has 7 nitrogen and oxygen atoms in total. The molecule has 0 aliphatic carbocycles. The first kappa shape index (κ1) is 22.8. The van der Waals surface area contributed by atoms with Crippen molar-refractivity contribution in [1.29, 1.82) is 0 Å². The molecule has 0 aromatic carbocycles. The Kier molecular flexibility index (Phi) is 15.3. The van der Waals surface area contributed by atoms with E-state index >= 15 is 0 Å². The quantitative estimate of drug-likeness (QED) is 0.220. The predicted molar refractivity (Wildman–Crippen MR) is 102 cm³/mol. The van der Waals surface area contributed by atoms with E-state index in [4.69, 9.17) is 18.9 Å². The third-order valence-electron chi connectivity index (χ3n) is 3.54. The van der Waals surface area contributed by atoms with Crippen LogP contribution < -0.4 is 5.32 Å². The van der Waals surface area contributed by atoms with Crippen LogP contribution in [0.2, 0.25) is 0 Å². The van der Waals surface area contributed by atoms with Crippen molar-refractivity contribution in [1.82, 2.24) is 10.2 Å². The molecule has 1 N–H and O–H groups in total. The fraction of sp³-hybridized carbons (Fsp3) is 0.933. The van der Waals surface area contributed by atoms with Crippen LogP contribution in [0.5, 0.6) is 0 Å². The summed E-state index contributed by atoms with van der Waals surface area (Å²) >= 11 is 0. The van der Waals surface area contributed by atoms with E-state index < -0.39 is 0 Å². The molecule has 1 saturated heterocycles. The van der Waals surface area contributed by atoms with Gasteiger partial charge in [0, 0.05) is 46.8 Å². The lowest BCUT2D eigenvalue weighted by molar-refractivity contribution is 0.0536. The maximum absolute atomic E-state index is 5.61. The monoisotopic (exact) mass is 445 g/mol. The van der Waals surface area contributed by atoms with Gasteiger partial charge in [-0.25, -0.2) is 0 Å². The molecule has 1 fully saturated rings. The van der Waals surface area contributed by atoms with Gasteiger partial charge in [-0.3, -0.25) is 4.99 Å². The van der Waals surface area contributed by atoms with Crippen LogP contribution in [-0.2, 0) is 18.9 Å². The van der Waals surface area contributed by atoms with Gasteiger partial charge in [0.15, 0.2) is 5.96 Å². The summed E-state index contributed by atoms with van der Waals surface area (Å²) in [6.07, 6.45) is 1.14. The van der Waals surface area contributed by atoms with E-state index in [0.717, 1.165) is 38.6 Å². The van der Waals surface area contributed by atoms with Gasteiger partial charge in [-0.05, 0) is 6.42 Å². The lowest BCUT2D eigenvalue weighted by atomic mass is 10.1. The summed E-state index contributed by atoms with van der Waals surface area (Å²) < 4.78 is 21.0. The Balaban J connectivity index is 0.00000484. The molecule has 8 heteroatoms. The summed E-state index contributed by atoms with van der Waals surface area (Å²) in [4.78, 5) is 6.62. The Labute approximate surface area is 157 Å².